The highest BCUT2D eigenvalue weighted by Crippen LogP contribution is 2.20. The van der Waals surface area contributed by atoms with E-state index in [1.54, 1.807) is 19.1 Å². The molecule has 1 aliphatic rings. The van der Waals surface area contributed by atoms with E-state index in [9.17, 15) is 13.2 Å². The number of hydrogen-bond acceptors (Lipinski definition) is 4. The maximum absolute atomic E-state index is 12.1. The van der Waals surface area contributed by atoms with E-state index in [2.05, 4.69) is 23.6 Å². The third-order valence-corrected chi connectivity index (χ3v) is 7.74. The molecule has 1 unspecified atom stereocenters. The number of carbonyl (C=O) groups excluding carboxylic acids is 1. The van der Waals surface area contributed by atoms with Gasteiger partial charge in [-0.3, -0.25) is 4.79 Å². The Kier molecular flexibility index (Phi) is 9.63. The lowest BCUT2D eigenvalue weighted by atomic mass is 10.0. The van der Waals surface area contributed by atoms with Gasteiger partial charge in [0.15, 0.2) is 9.84 Å². The summed E-state index contributed by atoms with van der Waals surface area (Å²) in [6.07, 6.45) is 6.23. The topological polar surface area (TPSA) is 57.7 Å². The van der Waals surface area contributed by atoms with Crippen molar-refractivity contribution in [1.29, 1.82) is 0 Å². The summed E-state index contributed by atoms with van der Waals surface area (Å²) < 4.78 is 23.9. The third kappa shape index (κ3) is 7.41. The molecule has 6 heteroatoms. The summed E-state index contributed by atoms with van der Waals surface area (Å²) in [4.78, 5) is 17.0. The van der Waals surface area contributed by atoms with Gasteiger partial charge in [0.1, 0.15) is 0 Å². The number of hydrogen-bond donors (Lipinski definition) is 0. The molecule has 1 aromatic rings. The van der Waals surface area contributed by atoms with Crippen LogP contribution >= 0.6 is 0 Å². The van der Waals surface area contributed by atoms with Gasteiger partial charge in [0.25, 0.3) is 0 Å². The minimum atomic E-state index is -3.14. The van der Waals surface area contributed by atoms with Crippen molar-refractivity contribution in [2.45, 2.75) is 70.1 Å². The van der Waals surface area contributed by atoms with Gasteiger partial charge in [0.05, 0.1) is 10.6 Å². The van der Waals surface area contributed by atoms with Gasteiger partial charge in [-0.25, -0.2) is 8.42 Å². The van der Waals surface area contributed by atoms with Crippen LogP contribution < -0.4 is 0 Å². The average molecular weight is 423 g/mol. The SMILES string of the molecule is CCN(CCCCN1CCCCCC1=O)CC(C)c1ccc(S(=O)(=O)CC)cc1. The van der Waals surface area contributed by atoms with Crippen LogP contribution in [0.2, 0.25) is 0 Å². The van der Waals surface area contributed by atoms with Crippen molar-refractivity contribution in [3.8, 4) is 0 Å². The second kappa shape index (κ2) is 11.7. The second-order valence-electron chi connectivity index (χ2n) is 8.17. The van der Waals surface area contributed by atoms with E-state index < -0.39 is 9.84 Å². The summed E-state index contributed by atoms with van der Waals surface area (Å²) in [6.45, 7) is 10.9. The Hall–Kier alpha value is -1.40. The van der Waals surface area contributed by atoms with E-state index in [0.717, 1.165) is 64.8 Å². The van der Waals surface area contributed by atoms with E-state index in [-0.39, 0.29) is 5.75 Å². The zero-order valence-electron chi connectivity index (χ0n) is 18.4. The van der Waals surface area contributed by atoms with Crippen molar-refractivity contribution in [3.05, 3.63) is 29.8 Å². The summed E-state index contributed by atoms with van der Waals surface area (Å²) in [6, 6.07) is 7.37. The number of unbranched alkanes of at least 4 members (excludes halogenated alkanes) is 1. The highest BCUT2D eigenvalue weighted by Gasteiger charge is 2.17. The minimum Gasteiger partial charge on any atom is -0.343 e. The van der Waals surface area contributed by atoms with Crippen LogP contribution in [0, 0.1) is 0 Å². The van der Waals surface area contributed by atoms with Crippen LogP contribution in [-0.2, 0) is 14.6 Å². The third-order valence-electron chi connectivity index (χ3n) is 5.99. The molecule has 0 N–H and O–H groups in total. The van der Waals surface area contributed by atoms with E-state index in [1.807, 2.05) is 12.1 Å². The maximum atomic E-state index is 12.1. The number of rotatable bonds is 11. The van der Waals surface area contributed by atoms with Crippen molar-refractivity contribution < 1.29 is 13.2 Å². The lowest BCUT2D eigenvalue weighted by molar-refractivity contribution is -0.130. The zero-order chi connectivity index (χ0) is 21.3. The molecule has 29 heavy (non-hydrogen) atoms. The predicted octanol–water partition coefficient (Wildman–Crippen LogP) is 4.09. The predicted molar refractivity (Wildman–Crippen MR) is 119 cm³/mol. The zero-order valence-corrected chi connectivity index (χ0v) is 19.2. The molecule has 1 aromatic carbocycles. The molecule has 1 fully saturated rings. The van der Waals surface area contributed by atoms with Gasteiger partial charge < -0.3 is 9.80 Å². The number of likely N-dealkylation sites (N-methyl/N-ethyl adjacent to an activating group) is 1. The fourth-order valence-corrected chi connectivity index (χ4v) is 4.84. The summed E-state index contributed by atoms with van der Waals surface area (Å²) in [5.41, 5.74) is 1.17. The number of benzene rings is 1. The molecular weight excluding hydrogens is 384 g/mol. The van der Waals surface area contributed by atoms with Gasteiger partial charge in [-0.1, -0.05) is 39.3 Å². The molecule has 1 amide bonds. The quantitative estimate of drug-likeness (QED) is 0.504. The molecule has 1 heterocycles. The van der Waals surface area contributed by atoms with Crippen LogP contribution in [0.1, 0.15) is 70.8 Å². The first kappa shape index (κ1) is 23.9. The monoisotopic (exact) mass is 422 g/mol. The molecule has 1 atom stereocenters. The lowest BCUT2D eigenvalue weighted by Gasteiger charge is -2.25. The van der Waals surface area contributed by atoms with Crippen molar-refractivity contribution >= 4 is 15.7 Å². The molecule has 0 aliphatic carbocycles. The lowest BCUT2D eigenvalue weighted by Crippen LogP contribution is -2.32. The number of nitrogens with zero attached hydrogens (tertiary/aromatic N) is 2. The molecule has 0 radical (unpaired) electrons. The number of sulfone groups is 1. The Labute approximate surface area is 177 Å². The molecular formula is C23H38N2O3S. The molecule has 164 valence electrons. The van der Waals surface area contributed by atoms with Crippen LogP contribution in [-0.4, -0.2) is 62.6 Å². The molecule has 0 aromatic heterocycles. The fraction of sp³-hybridized carbons (Fsp3) is 0.696. The van der Waals surface area contributed by atoms with E-state index in [4.69, 9.17) is 0 Å². The van der Waals surface area contributed by atoms with Gasteiger partial charge in [-0.15, -0.1) is 0 Å². The average Bonchev–Trinajstić information content (AvgIpc) is 2.94. The smallest absolute Gasteiger partial charge is 0.222 e. The van der Waals surface area contributed by atoms with Crippen LogP contribution in [0.4, 0.5) is 0 Å². The first-order valence-electron chi connectivity index (χ1n) is 11.2. The largest absolute Gasteiger partial charge is 0.343 e. The van der Waals surface area contributed by atoms with Gasteiger partial charge in [-0.05, 0) is 62.4 Å². The number of carbonyl (C=O) groups is 1. The summed E-state index contributed by atoms with van der Waals surface area (Å²) in [5, 5.41) is 0. The van der Waals surface area contributed by atoms with Crippen LogP contribution in [0.25, 0.3) is 0 Å². The van der Waals surface area contributed by atoms with E-state index in [0.29, 0.717) is 16.7 Å². The molecule has 0 bridgehead atoms. The number of amides is 1. The van der Waals surface area contributed by atoms with Gasteiger partial charge in [0.2, 0.25) is 5.91 Å². The van der Waals surface area contributed by atoms with E-state index in [1.165, 1.54) is 12.0 Å². The molecule has 0 spiro atoms. The van der Waals surface area contributed by atoms with Crippen LogP contribution in [0.3, 0.4) is 0 Å². The van der Waals surface area contributed by atoms with Crippen molar-refractivity contribution in [1.82, 2.24) is 9.80 Å². The van der Waals surface area contributed by atoms with Crippen LogP contribution in [0.5, 0.6) is 0 Å². The van der Waals surface area contributed by atoms with Crippen molar-refractivity contribution in [2.24, 2.45) is 0 Å². The fourth-order valence-electron chi connectivity index (χ4n) is 3.95. The molecule has 2 rings (SSSR count). The van der Waals surface area contributed by atoms with E-state index >= 15 is 0 Å². The normalized spacial score (nSPS) is 16.8. The van der Waals surface area contributed by atoms with Gasteiger partial charge in [0, 0.05) is 26.1 Å². The Morgan fingerprint density at radius 2 is 1.79 bits per heavy atom. The van der Waals surface area contributed by atoms with Crippen molar-refractivity contribution in [2.75, 3.05) is 38.5 Å². The first-order valence-corrected chi connectivity index (χ1v) is 12.9. The minimum absolute atomic E-state index is 0.133. The second-order valence-corrected chi connectivity index (χ2v) is 10.4. The molecule has 5 nitrogen and oxygen atoms in total. The summed E-state index contributed by atoms with van der Waals surface area (Å²) >= 11 is 0. The molecule has 1 saturated heterocycles. The van der Waals surface area contributed by atoms with Gasteiger partial charge >= 0.3 is 0 Å². The molecule has 0 saturated carbocycles. The maximum Gasteiger partial charge on any atom is 0.222 e. The van der Waals surface area contributed by atoms with Crippen LogP contribution in [0.15, 0.2) is 29.2 Å². The highest BCUT2D eigenvalue weighted by molar-refractivity contribution is 7.91. The Bertz CT molecular complexity index is 731. The standard InChI is InChI=1S/C23H38N2O3S/c1-4-24(16-9-10-18-25-17-8-6-7-11-23(25)26)19-20(3)21-12-14-22(15-13-21)29(27,28)5-2/h12-15,20H,4-11,16-19H2,1-3H3. The summed E-state index contributed by atoms with van der Waals surface area (Å²) in [7, 11) is -3.14. The Balaban J connectivity index is 1.79. The van der Waals surface area contributed by atoms with Crippen molar-refractivity contribution in [3.63, 3.8) is 0 Å². The Morgan fingerprint density at radius 3 is 2.45 bits per heavy atom. The Morgan fingerprint density at radius 1 is 1.07 bits per heavy atom. The number of likely N-dealkylation sites (tertiary alicyclic amines) is 1. The summed E-state index contributed by atoms with van der Waals surface area (Å²) in [5.74, 6) is 0.812. The molecule has 1 aliphatic heterocycles. The highest BCUT2D eigenvalue weighted by atomic mass is 32.2. The first-order chi connectivity index (χ1) is 13.9. The van der Waals surface area contributed by atoms with Gasteiger partial charge in [-0.2, -0.15) is 0 Å².